The molecule has 2 aromatic rings. The van der Waals surface area contributed by atoms with Gasteiger partial charge in [0, 0.05) is 16.9 Å². The lowest BCUT2D eigenvalue weighted by Crippen LogP contribution is -2.36. The van der Waals surface area contributed by atoms with Gasteiger partial charge in [-0.1, -0.05) is 31.0 Å². The van der Waals surface area contributed by atoms with Crippen LogP contribution in [0.1, 0.15) is 44.3 Å². The molecule has 102 valence electrons. The van der Waals surface area contributed by atoms with E-state index in [1.54, 1.807) is 11.3 Å². The van der Waals surface area contributed by atoms with Gasteiger partial charge < -0.3 is 9.84 Å². The zero-order valence-electron chi connectivity index (χ0n) is 11.3. The monoisotopic (exact) mass is 276 g/mol. The lowest BCUT2D eigenvalue weighted by molar-refractivity contribution is -0.118. The van der Waals surface area contributed by atoms with E-state index in [1.807, 2.05) is 19.1 Å². The third kappa shape index (κ3) is 2.20. The Kier molecular flexibility index (Phi) is 3.61. The Balaban J connectivity index is 2.02. The second kappa shape index (κ2) is 5.23. The fourth-order valence-electron chi connectivity index (χ4n) is 3.27. The van der Waals surface area contributed by atoms with Gasteiger partial charge in [0.1, 0.15) is 6.10 Å². The molecule has 1 unspecified atom stereocenters. The molecule has 1 aliphatic rings. The standard InChI is InChI=1S/C16H20O2S/c1-2-18-16(9-3-4-10-16)15(17)13-7-5-6-12-8-11-19-14(12)13/h5-8,11,15,17H,2-4,9-10H2,1H3. The molecular formula is C16H20O2S. The van der Waals surface area contributed by atoms with Crippen LogP contribution in [0.25, 0.3) is 10.1 Å². The summed E-state index contributed by atoms with van der Waals surface area (Å²) in [6.45, 7) is 2.68. The van der Waals surface area contributed by atoms with Gasteiger partial charge in [-0.2, -0.15) is 0 Å². The summed E-state index contributed by atoms with van der Waals surface area (Å²) in [6, 6.07) is 8.28. The number of hydrogen-bond donors (Lipinski definition) is 1. The highest BCUT2D eigenvalue weighted by atomic mass is 32.1. The predicted octanol–water partition coefficient (Wildman–Crippen LogP) is 4.28. The molecule has 0 amide bonds. The van der Waals surface area contributed by atoms with Gasteiger partial charge in [0.15, 0.2) is 0 Å². The Morgan fingerprint density at radius 3 is 2.84 bits per heavy atom. The predicted molar refractivity (Wildman–Crippen MR) is 79.6 cm³/mol. The van der Waals surface area contributed by atoms with Crippen LogP contribution in [-0.2, 0) is 4.74 Å². The molecule has 0 bridgehead atoms. The number of aliphatic hydroxyl groups excluding tert-OH is 1. The molecule has 2 nitrogen and oxygen atoms in total. The summed E-state index contributed by atoms with van der Waals surface area (Å²) < 4.78 is 7.18. The molecular weight excluding hydrogens is 256 g/mol. The molecule has 19 heavy (non-hydrogen) atoms. The maximum Gasteiger partial charge on any atom is 0.109 e. The highest BCUT2D eigenvalue weighted by Gasteiger charge is 2.42. The van der Waals surface area contributed by atoms with Crippen LogP contribution in [0.3, 0.4) is 0 Å². The van der Waals surface area contributed by atoms with E-state index in [-0.39, 0.29) is 5.60 Å². The fraction of sp³-hybridized carbons (Fsp3) is 0.500. The van der Waals surface area contributed by atoms with E-state index < -0.39 is 6.10 Å². The summed E-state index contributed by atoms with van der Waals surface area (Å²) in [5, 5.41) is 14.2. The van der Waals surface area contributed by atoms with E-state index in [9.17, 15) is 5.11 Å². The number of aliphatic hydroxyl groups is 1. The maximum atomic E-state index is 10.9. The molecule has 3 heteroatoms. The normalized spacial score (nSPS) is 19.9. The second-order valence-electron chi connectivity index (χ2n) is 5.29. The van der Waals surface area contributed by atoms with Gasteiger partial charge in [0.05, 0.1) is 5.60 Å². The van der Waals surface area contributed by atoms with Crippen LogP contribution in [0.2, 0.25) is 0 Å². The number of benzene rings is 1. The summed E-state index contributed by atoms with van der Waals surface area (Å²) in [5.74, 6) is 0. The van der Waals surface area contributed by atoms with Crippen LogP contribution in [0, 0.1) is 0 Å². The minimum atomic E-state index is -0.516. The molecule has 1 N–H and O–H groups in total. The third-order valence-electron chi connectivity index (χ3n) is 4.18. The van der Waals surface area contributed by atoms with Crippen LogP contribution in [0.4, 0.5) is 0 Å². The van der Waals surface area contributed by atoms with Gasteiger partial charge in [0.25, 0.3) is 0 Å². The zero-order chi connectivity index (χ0) is 13.3. The van der Waals surface area contributed by atoms with Gasteiger partial charge in [0.2, 0.25) is 0 Å². The molecule has 1 saturated carbocycles. The number of hydrogen-bond acceptors (Lipinski definition) is 3. The fourth-order valence-corrected chi connectivity index (χ4v) is 4.21. The first-order chi connectivity index (χ1) is 9.27. The minimum Gasteiger partial charge on any atom is -0.385 e. The van der Waals surface area contributed by atoms with E-state index in [4.69, 9.17) is 4.74 Å². The van der Waals surface area contributed by atoms with Crippen molar-refractivity contribution in [2.45, 2.75) is 44.3 Å². The summed E-state index contributed by atoms with van der Waals surface area (Å²) in [7, 11) is 0. The molecule has 0 spiro atoms. The van der Waals surface area contributed by atoms with Crippen molar-refractivity contribution in [1.82, 2.24) is 0 Å². The zero-order valence-corrected chi connectivity index (χ0v) is 12.1. The van der Waals surface area contributed by atoms with Gasteiger partial charge >= 0.3 is 0 Å². The van der Waals surface area contributed by atoms with Gasteiger partial charge in [-0.25, -0.2) is 0 Å². The average molecular weight is 276 g/mol. The molecule has 0 radical (unpaired) electrons. The first-order valence-electron chi connectivity index (χ1n) is 7.05. The number of ether oxygens (including phenoxy) is 1. The Labute approximate surface area is 118 Å². The van der Waals surface area contributed by atoms with E-state index in [1.165, 1.54) is 10.1 Å². The molecule has 1 heterocycles. The van der Waals surface area contributed by atoms with Crippen molar-refractivity contribution in [3.8, 4) is 0 Å². The number of rotatable bonds is 4. The van der Waals surface area contributed by atoms with E-state index in [0.29, 0.717) is 6.61 Å². The van der Waals surface area contributed by atoms with Crippen molar-refractivity contribution in [2.75, 3.05) is 6.61 Å². The van der Waals surface area contributed by atoms with Crippen molar-refractivity contribution in [2.24, 2.45) is 0 Å². The number of thiophene rings is 1. The third-order valence-corrected chi connectivity index (χ3v) is 5.16. The van der Waals surface area contributed by atoms with Crippen molar-refractivity contribution in [3.05, 3.63) is 35.2 Å². The van der Waals surface area contributed by atoms with Gasteiger partial charge in [-0.05, 0) is 36.6 Å². The molecule has 1 aromatic heterocycles. The first-order valence-corrected chi connectivity index (χ1v) is 7.93. The lowest BCUT2D eigenvalue weighted by atomic mass is 9.88. The Bertz CT molecular complexity index is 555. The van der Waals surface area contributed by atoms with Crippen LogP contribution in [0.15, 0.2) is 29.6 Å². The first kappa shape index (κ1) is 13.1. The quantitative estimate of drug-likeness (QED) is 0.903. The lowest BCUT2D eigenvalue weighted by Gasteiger charge is -2.34. The molecule has 1 aliphatic carbocycles. The maximum absolute atomic E-state index is 10.9. The van der Waals surface area contributed by atoms with Crippen molar-refractivity contribution < 1.29 is 9.84 Å². The highest BCUT2D eigenvalue weighted by molar-refractivity contribution is 7.17. The smallest absolute Gasteiger partial charge is 0.109 e. The topological polar surface area (TPSA) is 29.5 Å². The largest absolute Gasteiger partial charge is 0.385 e. The minimum absolute atomic E-state index is 0.368. The molecule has 3 rings (SSSR count). The van der Waals surface area contributed by atoms with E-state index in [2.05, 4.69) is 17.5 Å². The van der Waals surface area contributed by atoms with Crippen LogP contribution >= 0.6 is 11.3 Å². The van der Waals surface area contributed by atoms with Gasteiger partial charge in [-0.15, -0.1) is 11.3 Å². The second-order valence-corrected chi connectivity index (χ2v) is 6.21. The highest BCUT2D eigenvalue weighted by Crippen LogP contribution is 2.45. The summed E-state index contributed by atoms with van der Waals surface area (Å²) in [6.07, 6.45) is 3.71. The molecule has 1 aromatic carbocycles. The van der Waals surface area contributed by atoms with Crippen molar-refractivity contribution in [1.29, 1.82) is 0 Å². The molecule has 1 fully saturated rings. The van der Waals surface area contributed by atoms with Gasteiger partial charge in [-0.3, -0.25) is 0 Å². The Morgan fingerprint density at radius 2 is 2.11 bits per heavy atom. The summed E-state index contributed by atoms with van der Waals surface area (Å²) >= 11 is 1.70. The Hall–Kier alpha value is -0.900. The molecule has 0 aliphatic heterocycles. The SMILES string of the molecule is CCOC1(C(O)c2cccc3ccsc23)CCCC1. The van der Waals surface area contributed by atoms with Crippen molar-refractivity contribution >= 4 is 21.4 Å². The molecule has 1 atom stereocenters. The van der Waals surface area contributed by atoms with Crippen LogP contribution in [0.5, 0.6) is 0 Å². The molecule has 0 saturated heterocycles. The number of fused-ring (bicyclic) bond motifs is 1. The van der Waals surface area contributed by atoms with Crippen LogP contribution in [-0.4, -0.2) is 17.3 Å². The van der Waals surface area contributed by atoms with E-state index >= 15 is 0 Å². The Morgan fingerprint density at radius 1 is 1.32 bits per heavy atom. The summed E-state index contributed by atoms with van der Waals surface area (Å²) in [4.78, 5) is 0. The van der Waals surface area contributed by atoms with Crippen molar-refractivity contribution in [3.63, 3.8) is 0 Å². The summed E-state index contributed by atoms with van der Waals surface area (Å²) in [5.41, 5.74) is 0.662. The van der Waals surface area contributed by atoms with Crippen LogP contribution < -0.4 is 0 Å². The van der Waals surface area contributed by atoms with E-state index in [0.717, 1.165) is 31.2 Å². The average Bonchev–Trinajstić information content (AvgIpc) is 3.06.